The third-order valence-electron chi connectivity index (χ3n) is 4.21. The van der Waals surface area contributed by atoms with Gasteiger partial charge in [-0.2, -0.15) is 18.4 Å². The number of nitriles is 1. The molecule has 1 aliphatic rings. The van der Waals surface area contributed by atoms with Crippen LogP contribution in [-0.2, 0) is 6.18 Å². The Labute approximate surface area is 154 Å². The first-order valence-electron chi connectivity index (χ1n) is 8.11. The molecule has 26 heavy (non-hydrogen) atoms. The SMILES string of the molecule is CSc1ccccc1Nc1nc(N2CCCC2)cc(C(F)(F)F)c1C#N. The van der Waals surface area contributed by atoms with Gasteiger partial charge in [-0.15, -0.1) is 11.8 Å². The average molecular weight is 378 g/mol. The second-order valence-corrected chi connectivity index (χ2v) is 6.73. The summed E-state index contributed by atoms with van der Waals surface area (Å²) in [7, 11) is 0. The lowest BCUT2D eigenvalue weighted by Gasteiger charge is -2.21. The Morgan fingerprint density at radius 1 is 1.23 bits per heavy atom. The standard InChI is InChI=1S/C18H17F3N4S/c1-26-15-7-3-2-6-14(15)23-17-12(11-22)13(18(19,20)21)10-16(24-17)25-8-4-5-9-25/h2-3,6-7,10H,4-5,8-9H2,1H3,(H,23,24). The van der Waals surface area contributed by atoms with Crippen molar-refractivity contribution in [3.8, 4) is 6.07 Å². The van der Waals surface area contributed by atoms with Crippen molar-refractivity contribution in [3.05, 3.63) is 41.5 Å². The summed E-state index contributed by atoms with van der Waals surface area (Å²) in [6.45, 7) is 1.33. The lowest BCUT2D eigenvalue weighted by molar-refractivity contribution is -0.137. The van der Waals surface area contributed by atoms with E-state index in [2.05, 4.69) is 10.3 Å². The summed E-state index contributed by atoms with van der Waals surface area (Å²) >= 11 is 1.46. The number of anilines is 3. The van der Waals surface area contributed by atoms with Crippen LogP contribution in [-0.4, -0.2) is 24.3 Å². The molecule has 0 aliphatic carbocycles. The number of nitrogens with one attached hydrogen (secondary N) is 1. The van der Waals surface area contributed by atoms with Crippen molar-refractivity contribution in [1.29, 1.82) is 5.26 Å². The fourth-order valence-corrected chi connectivity index (χ4v) is 3.50. The quantitative estimate of drug-likeness (QED) is 0.756. The maximum Gasteiger partial charge on any atom is 0.417 e. The molecule has 0 amide bonds. The van der Waals surface area contributed by atoms with Crippen molar-refractivity contribution in [2.24, 2.45) is 0 Å². The zero-order valence-electron chi connectivity index (χ0n) is 14.1. The Hall–Kier alpha value is -2.40. The number of thioether (sulfide) groups is 1. The molecule has 0 bridgehead atoms. The van der Waals surface area contributed by atoms with E-state index in [1.807, 2.05) is 23.3 Å². The van der Waals surface area contributed by atoms with E-state index in [1.165, 1.54) is 11.8 Å². The number of nitrogens with zero attached hydrogens (tertiary/aromatic N) is 3. The molecule has 3 rings (SSSR count). The summed E-state index contributed by atoms with van der Waals surface area (Å²) in [5, 5.41) is 12.3. The van der Waals surface area contributed by atoms with Gasteiger partial charge in [-0.1, -0.05) is 12.1 Å². The summed E-state index contributed by atoms with van der Waals surface area (Å²) in [4.78, 5) is 7.03. The largest absolute Gasteiger partial charge is 0.417 e. The summed E-state index contributed by atoms with van der Waals surface area (Å²) in [5.41, 5.74) is -0.826. The third kappa shape index (κ3) is 3.73. The number of alkyl halides is 3. The Morgan fingerprint density at radius 2 is 1.92 bits per heavy atom. The topological polar surface area (TPSA) is 52.0 Å². The van der Waals surface area contributed by atoms with Gasteiger partial charge >= 0.3 is 6.18 Å². The predicted molar refractivity (Wildman–Crippen MR) is 96.9 cm³/mol. The van der Waals surface area contributed by atoms with Crippen LogP contribution in [0.1, 0.15) is 24.0 Å². The maximum atomic E-state index is 13.5. The van der Waals surface area contributed by atoms with Gasteiger partial charge in [-0.25, -0.2) is 4.98 Å². The van der Waals surface area contributed by atoms with Crippen molar-refractivity contribution < 1.29 is 13.2 Å². The molecule has 1 fully saturated rings. The van der Waals surface area contributed by atoms with Crippen LogP contribution in [0.3, 0.4) is 0 Å². The Balaban J connectivity index is 2.12. The summed E-state index contributed by atoms with van der Waals surface area (Å²) < 4.78 is 40.6. The number of hydrogen-bond donors (Lipinski definition) is 1. The number of rotatable bonds is 4. The molecule has 1 aliphatic heterocycles. The van der Waals surface area contributed by atoms with Gasteiger partial charge in [0.25, 0.3) is 0 Å². The van der Waals surface area contributed by atoms with Crippen LogP contribution in [0.15, 0.2) is 35.2 Å². The zero-order chi connectivity index (χ0) is 18.7. The van der Waals surface area contributed by atoms with Gasteiger partial charge < -0.3 is 10.2 Å². The first kappa shape index (κ1) is 18.4. The molecule has 1 aromatic carbocycles. The first-order chi connectivity index (χ1) is 12.4. The van der Waals surface area contributed by atoms with Gasteiger partial charge in [0.2, 0.25) is 0 Å². The van der Waals surface area contributed by atoms with Crippen LogP contribution in [0.4, 0.5) is 30.5 Å². The number of para-hydroxylation sites is 1. The lowest BCUT2D eigenvalue weighted by atomic mass is 10.1. The van der Waals surface area contributed by atoms with Crippen molar-refractivity contribution in [2.75, 3.05) is 29.6 Å². The summed E-state index contributed by atoms with van der Waals surface area (Å²) in [6, 6.07) is 9.89. The molecule has 1 N–H and O–H groups in total. The molecule has 136 valence electrons. The normalized spacial score (nSPS) is 14.3. The minimum Gasteiger partial charge on any atom is -0.357 e. The molecule has 2 aromatic rings. The molecular formula is C18H17F3N4S. The van der Waals surface area contributed by atoms with E-state index in [0.717, 1.165) is 23.8 Å². The van der Waals surface area contributed by atoms with E-state index >= 15 is 0 Å². The number of halogens is 3. The van der Waals surface area contributed by atoms with Crippen LogP contribution in [0.25, 0.3) is 0 Å². The van der Waals surface area contributed by atoms with Crippen molar-refractivity contribution in [3.63, 3.8) is 0 Å². The monoisotopic (exact) mass is 378 g/mol. The molecule has 1 aromatic heterocycles. The molecule has 4 nitrogen and oxygen atoms in total. The average Bonchev–Trinajstić information content (AvgIpc) is 3.15. The lowest BCUT2D eigenvalue weighted by Crippen LogP contribution is -2.21. The molecule has 0 atom stereocenters. The van der Waals surface area contributed by atoms with Crippen molar-refractivity contribution >= 4 is 29.1 Å². The molecule has 8 heteroatoms. The molecular weight excluding hydrogens is 361 g/mol. The van der Waals surface area contributed by atoms with Crippen LogP contribution < -0.4 is 10.2 Å². The fraction of sp³-hybridized carbons (Fsp3) is 0.333. The summed E-state index contributed by atoms with van der Waals surface area (Å²) in [5.74, 6) is 0.184. The van der Waals surface area contributed by atoms with Gasteiger partial charge in [0.05, 0.1) is 11.3 Å². The maximum absolute atomic E-state index is 13.5. The first-order valence-corrected chi connectivity index (χ1v) is 9.34. The van der Waals surface area contributed by atoms with Crippen LogP contribution in [0.2, 0.25) is 0 Å². The van der Waals surface area contributed by atoms with Gasteiger partial charge in [-0.05, 0) is 37.3 Å². The highest BCUT2D eigenvalue weighted by molar-refractivity contribution is 7.98. The number of pyridine rings is 1. The second-order valence-electron chi connectivity index (χ2n) is 5.88. The van der Waals surface area contributed by atoms with Gasteiger partial charge in [0, 0.05) is 18.0 Å². The van der Waals surface area contributed by atoms with Crippen LogP contribution in [0.5, 0.6) is 0 Å². The number of aromatic nitrogens is 1. The van der Waals surface area contributed by atoms with Crippen LogP contribution in [0, 0.1) is 11.3 Å². The smallest absolute Gasteiger partial charge is 0.357 e. The molecule has 2 heterocycles. The van der Waals surface area contributed by atoms with E-state index in [-0.39, 0.29) is 11.6 Å². The van der Waals surface area contributed by atoms with Gasteiger partial charge in [0.1, 0.15) is 17.5 Å². The highest BCUT2D eigenvalue weighted by Crippen LogP contribution is 2.38. The van der Waals surface area contributed by atoms with E-state index in [0.29, 0.717) is 18.8 Å². The Morgan fingerprint density at radius 3 is 2.54 bits per heavy atom. The van der Waals surface area contributed by atoms with E-state index in [1.54, 1.807) is 18.2 Å². The summed E-state index contributed by atoms with van der Waals surface area (Å²) in [6.07, 6.45) is -0.916. The minimum atomic E-state index is -4.63. The zero-order valence-corrected chi connectivity index (χ0v) is 14.9. The molecule has 0 radical (unpaired) electrons. The Kier molecular flexibility index (Phi) is 5.28. The van der Waals surface area contributed by atoms with Gasteiger partial charge in [0.15, 0.2) is 5.82 Å². The molecule has 0 saturated carbocycles. The van der Waals surface area contributed by atoms with E-state index in [9.17, 15) is 18.4 Å². The van der Waals surface area contributed by atoms with Crippen molar-refractivity contribution in [1.82, 2.24) is 4.98 Å². The number of hydrogen-bond acceptors (Lipinski definition) is 5. The van der Waals surface area contributed by atoms with Gasteiger partial charge in [-0.3, -0.25) is 0 Å². The third-order valence-corrected chi connectivity index (χ3v) is 5.01. The second kappa shape index (κ2) is 7.46. The molecule has 0 spiro atoms. The highest BCUT2D eigenvalue weighted by atomic mass is 32.2. The van der Waals surface area contributed by atoms with E-state index < -0.39 is 17.3 Å². The Bertz CT molecular complexity index is 839. The predicted octanol–water partition coefficient (Wildman–Crippen LogP) is 5.04. The number of benzene rings is 1. The molecule has 1 saturated heterocycles. The fourth-order valence-electron chi connectivity index (χ4n) is 2.94. The molecule has 0 unspecified atom stereocenters. The van der Waals surface area contributed by atoms with Crippen LogP contribution >= 0.6 is 11.8 Å². The van der Waals surface area contributed by atoms with E-state index in [4.69, 9.17) is 0 Å². The van der Waals surface area contributed by atoms with Crippen molar-refractivity contribution in [2.45, 2.75) is 23.9 Å². The minimum absolute atomic E-state index is 0.0641. The highest BCUT2D eigenvalue weighted by Gasteiger charge is 2.36.